The van der Waals surface area contributed by atoms with Crippen LogP contribution in [-0.4, -0.2) is 27.2 Å². The highest BCUT2D eigenvalue weighted by molar-refractivity contribution is 5.79. The predicted molar refractivity (Wildman–Crippen MR) is 78.4 cm³/mol. The normalized spacial score (nSPS) is 18.8. The van der Waals surface area contributed by atoms with E-state index in [1.807, 2.05) is 36.5 Å². The average molecular weight is 285 g/mol. The standard InChI is InChI=1S/C16H19N3O2/c20-11-14(12-4-2-1-3-5-12)18-16(21)13-6-8-19-9-7-17-15(19)10-13/h1-5,7,9,13-14,20H,6,8,10-11H2,(H,18,21)/t13?,14-/m1/s1. The lowest BCUT2D eigenvalue weighted by Gasteiger charge is -2.25. The number of hydrogen-bond donors (Lipinski definition) is 2. The summed E-state index contributed by atoms with van der Waals surface area (Å²) in [4.78, 5) is 16.7. The zero-order chi connectivity index (χ0) is 14.7. The number of hydrogen-bond acceptors (Lipinski definition) is 3. The molecule has 5 heteroatoms. The molecule has 1 unspecified atom stereocenters. The Kier molecular flexibility index (Phi) is 4.01. The Labute approximate surface area is 123 Å². The Morgan fingerprint density at radius 3 is 3.00 bits per heavy atom. The Morgan fingerprint density at radius 2 is 2.24 bits per heavy atom. The van der Waals surface area contributed by atoms with Crippen LogP contribution in [0.25, 0.3) is 0 Å². The molecule has 0 fully saturated rings. The fraction of sp³-hybridized carbons (Fsp3) is 0.375. The second kappa shape index (κ2) is 6.10. The minimum absolute atomic E-state index is 0.00727. The number of carbonyl (C=O) groups is 1. The van der Waals surface area contributed by atoms with Gasteiger partial charge >= 0.3 is 0 Å². The lowest BCUT2D eigenvalue weighted by atomic mass is 9.96. The van der Waals surface area contributed by atoms with Crippen LogP contribution in [0.2, 0.25) is 0 Å². The Hall–Kier alpha value is -2.14. The van der Waals surface area contributed by atoms with E-state index in [9.17, 15) is 9.90 Å². The summed E-state index contributed by atoms with van der Waals surface area (Å²) in [6.07, 6.45) is 5.19. The monoisotopic (exact) mass is 285 g/mol. The van der Waals surface area contributed by atoms with Gasteiger partial charge in [0.05, 0.1) is 12.6 Å². The van der Waals surface area contributed by atoms with Gasteiger partial charge in [-0.25, -0.2) is 4.98 Å². The molecule has 110 valence electrons. The highest BCUT2D eigenvalue weighted by atomic mass is 16.3. The van der Waals surface area contributed by atoms with Gasteiger partial charge in [-0.3, -0.25) is 4.79 Å². The van der Waals surface area contributed by atoms with Crippen LogP contribution in [0, 0.1) is 5.92 Å². The summed E-state index contributed by atoms with van der Waals surface area (Å²) >= 11 is 0. The zero-order valence-electron chi connectivity index (χ0n) is 11.8. The van der Waals surface area contributed by atoms with E-state index in [0.717, 1.165) is 24.4 Å². The van der Waals surface area contributed by atoms with Crippen molar-refractivity contribution in [3.8, 4) is 0 Å². The van der Waals surface area contributed by atoms with E-state index in [1.54, 1.807) is 6.20 Å². The number of aryl methyl sites for hydroxylation is 1. The van der Waals surface area contributed by atoms with E-state index in [0.29, 0.717) is 6.42 Å². The van der Waals surface area contributed by atoms with Gasteiger partial charge in [-0.05, 0) is 12.0 Å². The summed E-state index contributed by atoms with van der Waals surface area (Å²) in [5.41, 5.74) is 0.922. The van der Waals surface area contributed by atoms with Gasteiger partial charge in [0.1, 0.15) is 5.82 Å². The lowest BCUT2D eigenvalue weighted by molar-refractivity contribution is -0.126. The van der Waals surface area contributed by atoms with E-state index in [2.05, 4.69) is 14.9 Å². The molecule has 1 aromatic heterocycles. The van der Waals surface area contributed by atoms with Gasteiger partial charge in [-0.1, -0.05) is 30.3 Å². The van der Waals surface area contributed by atoms with Gasteiger partial charge in [0.2, 0.25) is 5.91 Å². The van der Waals surface area contributed by atoms with Gasteiger partial charge in [0, 0.05) is 31.3 Å². The molecule has 1 aromatic carbocycles. The summed E-state index contributed by atoms with van der Waals surface area (Å²) in [6.45, 7) is 0.722. The van der Waals surface area contributed by atoms with Crippen LogP contribution in [0.1, 0.15) is 23.9 Å². The number of amides is 1. The molecule has 2 aromatic rings. The van der Waals surface area contributed by atoms with Crippen molar-refractivity contribution in [2.75, 3.05) is 6.61 Å². The molecule has 1 aliphatic rings. The van der Waals surface area contributed by atoms with Gasteiger partial charge in [0.25, 0.3) is 0 Å². The first-order valence-corrected chi connectivity index (χ1v) is 7.24. The number of aliphatic hydroxyl groups excluding tert-OH is 1. The van der Waals surface area contributed by atoms with Crippen molar-refractivity contribution in [1.29, 1.82) is 0 Å². The third-order valence-corrected chi connectivity index (χ3v) is 4.02. The number of nitrogens with one attached hydrogen (secondary N) is 1. The molecule has 2 N–H and O–H groups in total. The molecule has 0 saturated heterocycles. The number of carbonyl (C=O) groups excluding carboxylic acids is 1. The maximum atomic E-state index is 12.4. The molecule has 0 spiro atoms. The van der Waals surface area contributed by atoms with Gasteiger partial charge in [-0.15, -0.1) is 0 Å². The molecule has 3 rings (SSSR count). The number of imidazole rings is 1. The van der Waals surface area contributed by atoms with E-state index < -0.39 is 0 Å². The third-order valence-electron chi connectivity index (χ3n) is 4.02. The minimum Gasteiger partial charge on any atom is -0.394 e. The molecular formula is C16H19N3O2. The largest absolute Gasteiger partial charge is 0.394 e. The summed E-state index contributed by atoms with van der Waals surface area (Å²) in [5.74, 6) is 0.881. The second-order valence-electron chi connectivity index (χ2n) is 5.38. The maximum Gasteiger partial charge on any atom is 0.224 e. The smallest absolute Gasteiger partial charge is 0.224 e. The SMILES string of the molecule is O=C(N[C@H](CO)c1ccccc1)C1CCn2ccnc2C1. The Morgan fingerprint density at radius 1 is 1.43 bits per heavy atom. The van der Waals surface area contributed by atoms with Crippen LogP contribution in [0.3, 0.4) is 0 Å². The number of aromatic nitrogens is 2. The number of aliphatic hydroxyl groups is 1. The van der Waals surface area contributed by atoms with Gasteiger partial charge < -0.3 is 15.0 Å². The summed E-state index contributed by atoms with van der Waals surface area (Å²) in [7, 11) is 0. The van der Waals surface area contributed by atoms with E-state index in [-0.39, 0.29) is 24.5 Å². The first-order valence-electron chi connectivity index (χ1n) is 7.24. The van der Waals surface area contributed by atoms with Crippen molar-refractivity contribution in [3.05, 3.63) is 54.1 Å². The van der Waals surface area contributed by atoms with E-state index in [1.165, 1.54) is 0 Å². The maximum absolute atomic E-state index is 12.4. The van der Waals surface area contributed by atoms with Crippen LogP contribution in [0.15, 0.2) is 42.7 Å². The Balaban J connectivity index is 1.66. The van der Waals surface area contributed by atoms with Crippen LogP contribution >= 0.6 is 0 Å². The molecule has 0 radical (unpaired) electrons. The summed E-state index contributed by atoms with van der Waals surface area (Å²) < 4.78 is 2.09. The summed E-state index contributed by atoms with van der Waals surface area (Å²) in [6, 6.07) is 9.20. The highest BCUT2D eigenvalue weighted by Gasteiger charge is 2.27. The molecule has 5 nitrogen and oxygen atoms in total. The van der Waals surface area contributed by atoms with Crippen molar-refractivity contribution in [2.24, 2.45) is 5.92 Å². The molecule has 21 heavy (non-hydrogen) atoms. The topological polar surface area (TPSA) is 67.2 Å². The predicted octanol–water partition coefficient (Wildman–Crippen LogP) is 1.30. The van der Waals surface area contributed by atoms with Crippen LogP contribution in [0.5, 0.6) is 0 Å². The van der Waals surface area contributed by atoms with Crippen molar-refractivity contribution >= 4 is 5.91 Å². The van der Waals surface area contributed by atoms with Gasteiger partial charge in [0.15, 0.2) is 0 Å². The van der Waals surface area contributed by atoms with Crippen molar-refractivity contribution in [1.82, 2.24) is 14.9 Å². The Bertz CT molecular complexity index is 609. The average Bonchev–Trinajstić information content (AvgIpc) is 3.00. The van der Waals surface area contributed by atoms with Crippen LogP contribution in [-0.2, 0) is 17.8 Å². The van der Waals surface area contributed by atoms with Crippen LogP contribution < -0.4 is 5.32 Å². The molecule has 2 heterocycles. The van der Waals surface area contributed by atoms with E-state index in [4.69, 9.17) is 0 Å². The second-order valence-corrected chi connectivity index (χ2v) is 5.38. The number of rotatable bonds is 4. The van der Waals surface area contributed by atoms with Crippen LogP contribution in [0.4, 0.5) is 0 Å². The first kappa shape index (κ1) is 13.8. The number of benzene rings is 1. The third kappa shape index (κ3) is 2.97. The minimum atomic E-state index is -0.347. The fourth-order valence-electron chi connectivity index (χ4n) is 2.78. The highest BCUT2D eigenvalue weighted by Crippen LogP contribution is 2.21. The number of fused-ring (bicyclic) bond motifs is 1. The molecule has 0 bridgehead atoms. The number of nitrogens with zero attached hydrogens (tertiary/aromatic N) is 2. The lowest BCUT2D eigenvalue weighted by Crippen LogP contribution is -2.38. The summed E-state index contributed by atoms with van der Waals surface area (Å²) in [5, 5.41) is 12.5. The van der Waals surface area contributed by atoms with Crippen molar-refractivity contribution in [3.63, 3.8) is 0 Å². The van der Waals surface area contributed by atoms with Crippen molar-refractivity contribution < 1.29 is 9.90 Å². The molecular weight excluding hydrogens is 266 g/mol. The fourth-order valence-corrected chi connectivity index (χ4v) is 2.78. The van der Waals surface area contributed by atoms with Gasteiger partial charge in [-0.2, -0.15) is 0 Å². The quantitative estimate of drug-likeness (QED) is 0.889. The van der Waals surface area contributed by atoms with E-state index >= 15 is 0 Å². The molecule has 0 saturated carbocycles. The zero-order valence-corrected chi connectivity index (χ0v) is 11.8. The van der Waals surface area contributed by atoms with Crippen molar-refractivity contribution in [2.45, 2.75) is 25.4 Å². The molecule has 0 aliphatic carbocycles. The molecule has 1 amide bonds. The first-order chi connectivity index (χ1) is 10.3. The molecule has 2 atom stereocenters. The molecule has 1 aliphatic heterocycles.